The van der Waals surface area contributed by atoms with E-state index in [4.69, 9.17) is 0 Å². The largest absolute Gasteiger partial charge is 0.343 e. The first kappa shape index (κ1) is 23.9. The van der Waals surface area contributed by atoms with Gasteiger partial charge in [0.05, 0.1) is 17.0 Å². The normalized spacial score (nSPS) is 15.9. The quantitative estimate of drug-likeness (QED) is 0.687. The van der Waals surface area contributed by atoms with Gasteiger partial charge in [0, 0.05) is 26.2 Å². The van der Waals surface area contributed by atoms with Gasteiger partial charge in [-0.15, -0.1) is 0 Å². The van der Waals surface area contributed by atoms with E-state index in [1.807, 2.05) is 12.1 Å². The second-order valence-corrected chi connectivity index (χ2v) is 9.76. The number of carbonyl (C=O) groups excluding carboxylic acids is 2. The van der Waals surface area contributed by atoms with E-state index in [0.717, 1.165) is 12.0 Å². The van der Waals surface area contributed by atoms with Crippen LogP contribution >= 0.6 is 0 Å². The third kappa shape index (κ3) is 5.34. The van der Waals surface area contributed by atoms with Crippen molar-refractivity contribution in [3.8, 4) is 0 Å². The molecule has 0 saturated carbocycles. The maximum atomic E-state index is 13.7. The van der Waals surface area contributed by atoms with Crippen molar-refractivity contribution in [3.63, 3.8) is 0 Å². The van der Waals surface area contributed by atoms with Crippen LogP contribution < -0.4 is 5.32 Å². The Bertz CT molecular complexity index is 1060. The SMILES string of the molecule is CCC(C)c1ccc(S(=O)(=O)N2CCN(C(=O)CNC(=O)c3ccccc3F)CC2)cc1. The minimum absolute atomic E-state index is 0.129. The number of nitrogens with zero attached hydrogens (tertiary/aromatic N) is 2. The Labute approximate surface area is 188 Å². The Morgan fingerprint density at radius 1 is 1.03 bits per heavy atom. The van der Waals surface area contributed by atoms with E-state index in [9.17, 15) is 22.4 Å². The number of halogens is 1. The van der Waals surface area contributed by atoms with Gasteiger partial charge in [-0.1, -0.05) is 38.1 Å². The predicted octanol–water partition coefficient (Wildman–Crippen LogP) is 2.60. The van der Waals surface area contributed by atoms with Crippen molar-refractivity contribution in [3.05, 3.63) is 65.5 Å². The number of carbonyl (C=O) groups is 2. The Morgan fingerprint density at radius 3 is 2.25 bits per heavy atom. The van der Waals surface area contributed by atoms with E-state index in [1.165, 1.54) is 33.5 Å². The fourth-order valence-corrected chi connectivity index (χ4v) is 4.96. The van der Waals surface area contributed by atoms with E-state index in [-0.39, 0.29) is 49.1 Å². The van der Waals surface area contributed by atoms with Crippen LogP contribution in [0.4, 0.5) is 4.39 Å². The molecule has 3 rings (SSSR count). The third-order valence-corrected chi connectivity index (χ3v) is 7.72. The topological polar surface area (TPSA) is 86.8 Å². The highest BCUT2D eigenvalue weighted by Gasteiger charge is 2.30. The molecule has 9 heteroatoms. The zero-order valence-corrected chi connectivity index (χ0v) is 19.1. The van der Waals surface area contributed by atoms with Crippen LogP contribution in [-0.4, -0.2) is 62.2 Å². The molecule has 1 unspecified atom stereocenters. The molecule has 0 bridgehead atoms. The number of amides is 2. The summed E-state index contributed by atoms with van der Waals surface area (Å²) in [5, 5.41) is 2.42. The first-order valence-electron chi connectivity index (χ1n) is 10.6. The fourth-order valence-electron chi connectivity index (χ4n) is 3.54. The van der Waals surface area contributed by atoms with Gasteiger partial charge in [0.25, 0.3) is 5.91 Å². The fraction of sp³-hybridized carbons (Fsp3) is 0.391. The van der Waals surface area contributed by atoms with Gasteiger partial charge in [-0.05, 0) is 42.2 Å². The molecule has 2 aromatic rings. The molecule has 2 amide bonds. The van der Waals surface area contributed by atoms with Gasteiger partial charge in [-0.25, -0.2) is 12.8 Å². The minimum atomic E-state index is -3.64. The molecule has 2 aromatic carbocycles. The Balaban J connectivity index is 1.54. The van der Waals surface area contributed by atoms with Gasteiger partial charge in [0.15, 0.2) is 0 Å². The lowest BCUT2D eigenvalue weighted by Gasteiger charge is -2.34. The molecule has 1 aliphatic heterocycles. The maximum Gasteiger partial charge on any atom is 0.254 e. The Hall–Kier alpha value is -2.78. The van der Waals surface area contributed by atoms with Crippen molar-refractivity contribution in [1.29, 1.82) is 0 Å². The maximum absolute atomic E-state index is 13.7. The molecule has 0 aromatic heterocycles. The van der Waals surface area contributed by atoms with Crippen molar-refractivity contribution in [2.75, 3.05) is 32.7 Å². The molecule has 1 N–H and O–H groups in total. The van der Waals surface area contributed by atoms with Crippen molar-refractivity contribution < 1.29 is 22.4 Å². The molecule has 1 heterocycles. The average Bonchev–Trinajstić information content (AvgIpc) is 2.82. The molecule has 1 atom stereocenters. The first-order chi connectivity index (χ1) is 15.2. The summed E-state index contributed by atoms with van der Waals surface area (Å²) in [6.45, 7) is 4.68. The van der Waals surface area contributed by atoms with Crippen molar-refractivity contribution in [2.45, 2.75) is 31.1 Å². The molecular formula is C23H28FN3O4S. The number of benzene rings is 2. The third-order valence-electron chi connectivity index (χ3n) is 5.81. The Kier molecular flexibility index (Phi) is 7.63. The highest BCUT2D eigenvalue weighted by atomic mass is 32.2. The Morgan fingerprint density at radius 2 is 1.66 bits per heavy atom. The van der Waals surface area contributed by atoms with Crippen LogP contribution in [0.3, 0.4) is 0 Å². The zero-order chi connectivity index (χ0) is 23.3. The summed E-state index contributed by atoms with van der Waals surface area (Å²) in [6.07, 6.45) is 0.975. The second-order valence-electron chi connectivity index (χ2n) is 7.83. The lowest BCUT2D eigenvalue weighted by molar-refractivity contribution is -0.131. The van der Waals surface area contributed by atoms with Crippen LogP contribution in [0, 0.1) is 5.82 Å². The van der Waals surface area contributed by atoms with E-state index in [0.29, 0.717) is 5.92 Å². The number of nitrogens with one attached hydrogen (secondary N) is 1. The molecule has 1 saturated heterocycles. The monoisotopic (exact) mass is 461 g/mol. The van der Waals surface area contributed by atoms with Gasteiger partial charge in [-0.3, -0.25) is 9.59 Å². The summed E-state index contributed by atoms with van der Waals surface area (Å²) < 4.78 is 40.9. The molecule has 0 spiro atoms. The van der Waals surface area contributed by atoms with Crippen LogP contribution in [0.25, 0.3) is 0 Å². The molecule has 0 aliphatic carbocycles. The van der Waals surface area contributed by atoms with Crippen molar-refractivity contribution in [2.24, 2.45) is 0 Å². The van der Waals surface area contributed by atoms with Crippen LogP contribution in [0.15, 0.2) is 53.4 Å². The van der Waals surface area contributed by atoms with E-state index < -0.39 is 21.7 Å². The van der Waals surface area contributed by atoms with E-state index >= 15 is 0 Å². The number of piperazine rings is 1. The van der Waals surface area contributed by atoms with Crippen LogP contribution in [0.5, 0.6) is 0 Å². The lowest BCUT2D eigenvalue weighted by Crippen LogP contribution is -2.52. The summed E-state index contributed by atoms with van der Waals surface area (Å²) in [4.78, 5) is 26.2. The molecule has 0 radical (unpaired) electrons. The van der Waals surface area contributed by atoms with Gasteiger partial charge in [0.1, 0.15) is 5.82 Å². The van der Waals surface area contributed by atoms with Gasteiger partial charge in [0.2, 0.25) is 15.9 Å². The minimum Gasteiger partial charge on any atom is -0.343 e. The van der Waals surface area contributed by atoms with Crippen LogP contribution in [0.2, 0.25) is 0 Å². The molecule has 1 aliphatic rings. The summed E-state index contributed by atoms with van der Waals surface area (Å²) in [7, 11) is -3.64. The number of sulfonamides is 1. The average molecular weight is 462 g/mol. The van der Waals surface area contributed by atoms with Crippen LogP contribution in [-0.2, 0) is 14.8 Å². The smallest absolute Gasteiger partial charge is 0.254 e. The van der Waals surface area contributed by atoms with Gasteiger partial charge >= 0.3 is 0 Å². The summed E-state index contributed by atoms with van der Waals surface area (Å²) in [6, 6.07) is 12.5. The summed E-state index contributed by atoms with van der Waals surface area (Å²) >= 11 is 0. The summed E-state index contributed by atoms with van der Waals surface area (Å²) in [5.41, 5.74) is 0.967. The predicted molar refractivity (Wildman–Crippen MR) is 119 cm³/mol. The van der Waals surface area contributed by atoms with Crippen molar-refractivity contribution >= 4 is 21.8 Å². The molecule has 32 heavy (non-hydrogen) atoms. The van der Waals surface area contributed by atoms with Gasteiger partial charge in [-0.2, -0.15) is 4.31 Å². The second kappa shape index (κ2) is 10.2. The molecule has 172 valence electrons. The highest BCUT2D eigenvalue weighted by molar-refractivity contribution is 7.89. The standard InChI is InChI=1S/C23H28FN3O4S/c1-3-17(2)18-8-10-19(11-9-18)32(30,31)27-14-12-26(13-15-27)22(28)16-25-23(29)20-6-4-5-7-21(20)24/h4-11,17H,3,12-16H2,1-2H3,(H,25,29). The van der Waals surface area contributed by atoms with Crippen LogP contribution in [0.1, 0.15) is 42.1 Å². The highest BCUT2D eigenvalue weighted by Crippen LogP contribution is 2.23. The summed E-state index contributed by atoms with van der Waals surface area (Å²) in [5.74, 6) is -1.31. The van der Waals surface area contributed by atoms with Gasteiger partial charge < -0.3 is 10.2 Å². The molecule has 1 fully saturated rings. The van der Waals surface area contributed by atoms with Crippen molar-refractivity contribution in [1.82, 2.24) is 14.5 Å². The number of hydrogen-bond acceptors (Lipinski definition) is 4. The lowest BCUT2D eigenvalue weighted by atomic mass is 9.99. The molecule has 7 nitrogen and oxygen atoms in total. The molecular weight excluding hydrogens is 433 g/mol. The number of rotatable bonds is 7. The van der Waals surface area contributed by atoms with E-state index in [1.54, 1.807) is 12.1 Å². The number of hydrogen-bond donors (Lipinski definition) is 1. The first-order valence-corrected chi connectivity index (χ1v) is 12.1. The van der Waals surface area contributed by atoms with E-state index in [2.05, 4.69) is 19.2 Å². The zero-order valence-electron chi connectivity index (χ0n) is 18.3.